The maximum absolute atomic E-state index is 10.8. The van der Waals surface area contributed by atoms with Crippen molar-refractivity contribution in [3.05, 3.63) is 32.6 Å². The molecule has 1 N–H and O–H groups in total. The van der Waals surface area contributed by atoms with Gasteiger partial charge in [0.25, 0.3) is 0 Å². The molecule has 14 heavy (non-hydrogen) atoms. The molecule has 0 saturated carbocycles. The number of benzene rings is 1. The van der Waals surface area contributed by atoms with Gasteiger partial charge in [0, 0.05) is 14.6 Å². The lowest BCUT2D eigenvalue weighted by atomic mass is 10.2. The van der Waals surface area contributed by atoms with Crippen LogP contribution in [-0.4, -0.2) is 11.1 Å². The summed E-state index contributed by atoms with van der Waals surface area (Å²) >= 11 is 10.4. The summed E-state index contributed by atoms with van der Waals surface area (Å²) in [6, 6.07) is 5.51. The van der Waals surface area contributed by atoms with Crippen molar-refractivity contribution in [2.75, 3.05) is 0 Å². The molecule has 0 aliphatic heterocycles. The van der Waals surface area contributed by atoms with Crippen LogP contribution in [0.5, 0.6) is 0 Å². The van der Waals surface area contributed by atoms with Gasteiger partial charge in [-0.05, 0) is 12.1 Å². The molecule has 0 atom stereocenters. The summed E-state index contributed by atoms with van der Waals surface area (Å²) in [5.41, 5.74) is 0. The molecule has 2 rings (SSSR count). The predicted molar refractivity (Wildman–Crippen MR) is 61.5 cm³/mol. The van der Waals surface area contributed by atoms with Crippen molar-refractivity contribution >= 4 is 54.9 Å². The summed E-state index contributed by atoms with van der Waals surface area (Å²) < 4.78 is 1.79. The fraction of sp³-hybridized carbons (Fsp3) is 0. The van der Waals surface area contributed by atoms with Gasteiger partial charge in [0.1, 0.15) is 4.88 Å². The van der Waals surface area contributed by atoms with Crippen LogP contribution in [0.15, 0.2) is 22.7 Å². The first-order valence-electron chi connectivity index (χ1n) is 3.70. The highest BCUT2D eigenvalue weighted by molar-refractivity contribution is 9.10. The van der Waals surface area contributed by atoms with Gasteiger partial charge in [-0.3, -0.25) is 0 Å². The fourth-order valence-corrected chi connectivity index (χ4v) is 3.08. The van der Waals surface area contributed by atoms with Crippen LogP contribution in [0.25, 0.3) is 10.1 Å². The van der Waals surface area contributed by atoms with E-state index in [2.05, 4.69) is 15.9 Å². The van der Waals surface area contributed by atoms with E-state index in [0.29, 0.717) is 5.02 Å². The number of carboxylic acids is 1. The number of carboxylic acid groups (broad SMARTS) is 1. The van der Waals surface area contributed by atoms with Gasteiger partial charge in [-0.2, -0.15) is 0 Å². The van der Waals surface area contributed by atoms with Crippen LogP contribution < -0.4 is 0 Å². The zero-order valence-corrected chi connectivity index (χ0v) is 9.91. The highest BCUT2D eigenvalue weighted by atomic mass is 79.9. The van der Waals surface area contributed by atoms with Crippen molar-refractivity contribution in [3.8, 4) is 0 Å². The molecule has 0 aliphatic carbocycles. The molecule has 0 aliphatic rings. The van der Waals surface area contributed by atoms with Gasteiger partial charge in [-0.15, -0.1) is 11.3 Å². The van der Waals surface area contributed by atoms with E-state index in [1.54, 1.807) is 0 Å². The van der Waals surface area contributed by atoms with Crippen LogP contribution in [0, 0.1) is 0 Å². The lowest BCUT2D eigenvalue weighted by Crippen LogP contribution is -1.91. The van der Waals surface area contributed by atoms with Gasteiger partial charge in [0.2, 0.25) is 0 Å². The Morgan fingerprint density at radius 2 is 2.21 bits per heavy atom. The summed E-state index contributed by atoms with van der Waals surface area (Å²) in [6.45, 7) is 0. The van der Waals surface area contributed by atoms with Crippen molar-refractivity contribution in [2.24, 2.45) is 0 Å². The predicted octanol–water partition coefficient (Wildman–Crippen LogP) is 4.02. The second-order valence-corrected chi connectivity index (χ2v) is 5.04. The molecule has 0 spiro atoms. The van der Waals surface area contributed by atoms with Crippen molar-refractivity contribution in [1.82, 2.24) is 0 Å². The third kappa shape index (κ3) is 1.54. The number of rotatable bonds is 1. The standard InChI is InChI=1S/C9H4BrClO2S/c10-4-1-2-5-6(3-4)14-8(7(5)11)9(12)13/h1-3H,(H,12,13). The number of hydrogen-bond acceptors (Lipinski definition) is 2. The Labute approximate surface area is 97.2 Å². The molecule has 0 radical (unpaired) electrons. The lowest BCUT2D eigenvalue weighted by Gasteiger charge is -1.90. The molecule has 1 aromatic heterocycles. The van der Waals surface area contributed by atoms with E-state index >= 15 is 0 Å². The Kier molecular flexibility index (Phi) is 2.51. The normalized spacial score (nSPS) is 10.7. The van der Waals surface area contributed by atoms with Crippen molar-refractivity contribution in [1.29, 1.82) is 0 Å². The Morgan fingerprint density at radius 3 is 2.86 bits per heavy atom. The molecule has 5 heteroatoms. The molecule has 2 nitrogen and oxygen atoms in total. The van der Waals surface area contributed by atoms with Crippen molar-refractivity contribution < 1.29 is 9.90 Å². The number of thiophene rings is 1. The van der Waals surface area contributed by atoms with Crippen LogP contribution in [0.2, 0.25) is 5.02 Å². The van der Waals surface area contributed by atoms with E-state index in [-0.39, 0.29) is 4.88 Å². The van der Waals surface area contributed by atoms with Gasteiger partial charge >= 0.3 is 5.97 Å². The molecule has 1 heterocycles. The fourth-order valence-electron chi connectivity index (χ4n) is 1.18. The number of fused-ring (bicyclic) bond motifs is 1. The number of halogens is 2. The quantitative estimate of drug-likeness (QED) is 0.862. The lowest BCUT2D eigenvalue weighted by molar-refractivity contribution is 0.0702. The smallest absolute Gasteiger partial charge is 0.347 e. The van der Waals surface area contributed by atoms with Gasteiger partial charge < -0.3 is 5.11 Å². The average molecular weight is 292 g/mol. The first-order chi connectivity index (χ1) is 6.59. The van der Waals surface area contributed by atoms with Gasteiger partial charge in [0.15, 0.2) is 0 Å². The van der Waals surface area contributed by atoms with Crippen molar-refractivity contribution in [2.45, 2.75) is 0 Å². The van der Waals surface area contributed by atoms with Crippen LogP contribution in [0.4, 0.5) is 0 Å². The number of carbonyl (C=O) groups is 1. The first kappa shape index (κ1) is 9.96. The molecule has 72 valence electrons. The highest BCUT2D eigenvalue weighted by Gasteiger charge is 2.15. The third-order valence-corrected chi connectivity index (χ3v) is 3.92. The topological polar surface area (TPSA) is 37.3 Å². The van der Waals surface area contributed by atoms with Crippen LogP contribution >= 0.6 is 38.9 Å². The number of hydrogen-bond donors (Lipinski definition) is 1. The molecule has 0 unspecified atom stereocenters. The van der Waals surface area contributed by atoms with Crippen molar-refractivity contribution in [3.63, 3.8) is 0 Å². The second-order valence-electron chi connectivity index (χ2n) is 2.69. The Morgan fingerprint density at radius 1 is 1.50 bits per heavy atom. The molecule has 0 saturated heterocycles. The Balaban J connectivity index is 2.79. The van der Waals surface area contributed by atoms with E-state index in [4.69, 9.17) is 16.7 Å². The van der Waals surface area contributed by atoms with E-state index in [0.717, 1.165) is 14.6 Å². The Bertz CT molecular complexity index is 521. The average Bonchev–Trinajstić information content (AvgIpc) is 2.43. The summed E-state index contributed by atoms with van der Waals surface area (Å²) in [5, 5.41) is 9.96. The monoisotopic (exact) mass is 290 g/mol. The SMILES string of the molecule is O=C(O)c1sc2cc(Br)ccc2c1Cl. The van der Waals surface area contributed by atoms with Crippen LogP contribution in [0.1, 0.15) is 9.67 Å². The minimum absolute atomic E-state index is 0.194. The third-order valence-electron chi connectivity index (χ3n) is 1.79. The maximum Gasteiger partial charge on any atom is 0.347 e. The second kappa shape index (κ2) is 3.53. The zero-order chi connectivity index (χ0) is 10.3. The highest BCUT2D eigenvalue weighted by Crippen LogP contribution is 2.36. The van der Waals surface area contributed by atoms with E-state index in [1.807, 2.05) is 18.2 Å². The minimum atomic E-state index is -0.979. The molecule has 2 aromatic rings. The largest absolute Gasteiger partial charge is 0.477 e. The van der Waals surface area contributed by atoms with E-state index in [9.17, 15) is 4.79 Å². The molecule has 0 fully saturated rings. The molecular formula is C9H4BrClO2S. The summed E-state index contributed by atoms with van der Waals surface area (Å²) in [6.07, 6.45) is 0. The maximum atomic E-state index is 10.8. The number of aromatic carboxylic acids is 1. The minimum Gasteiger partial charge on any atom is -0.477 e. The van der Waals surface area contributed by atoms with Gasteiger partial charge in [-0.25, -0.2) is 4.79 Å². The molecule has 1 aromatic carbocycles. The molecular weight excluding hydrogens is 288 g/mol. The van der Waals surface area contributed by atoms with E-state index < -0.39 is 5.97 Å². The van der Waals surface area contributed by atoms with E-state index in [1.165, 1.54) is 11.3 Å². The molecule has 0 amide bonds. The zero-order valence-electron chi connectivity index (χ0n) is 6.75. The summed E-state index contributed by atoms with van der Waals surface area (Å²) in [5.74, 6) is -0.979. The summed E-state index contributed by atoms with van der Waals surface area (Å²) in [7, 11) is 0. The Hall–Kier alpha value is -0.580. The van der Waals surface area contributed by atoms with Crippen LogP contribution in [-0.2, 0) is 0 Å². The van der Waals surface area contributed by atoms with Gasteiger partial charge in [-0.1, -0.05) is 33.6 Å². The molecule has 0 bridgehead atoms. The first-order valence-corrected chi connectivity index (χ1v) is 5.69. The van der Waals surface area contributed by atoms with Crippen LogP contribution in [0.3, 0.4) is 0 Å². The summed E-state index contributed by atoms with van der Waals surface area (Å²) in [4.78, 5) is 11.0. The van der Waals surface area contributed by atoms with Gasteiger partial charge in [0.05, 0.1) is 5.02 Å².